The van der Waals surface area contributed by atoms with Gasteiger partial charge in [0.1, 0.15) is 5.92 Å². The molecule has 5 heteroatoms. The molecule has 0 atom stereocenters. The molecule has 0 fully saturated rings. The molecule has 0 aromatic heterocycles. The number of ketones is 2. The minimum Gasteiger partial charge on any atom is -0.293 e. The largest absolute Gasteiger partial charge is 0.416 e. The molecule has 0 saturated heterocycles. The number of halogens is 3. The lowest BCUT2D eigenvalue weighted by atomic mass is 9.92. The van der Waals surface area contributed by atoms with Crippen molar-refractivity contribution in [3.8, 4) is 0 Å². The molecule has 0 heterocycles. The lowest BCUT2D eigenvalue weighted by Gasteiger charge is -2.11. The number of rotatable bonds is 1. The van der Waals surface area contributed by atoms with Crippen LogP contribution in [0.5, 0.6) is 0 Å². The molecule has 0 spiro atoms. The summed E-state index contributed by atoms with van der Waals surface area (Å²) >= 11 is 0. The van der Waals surface area contributed by atoms with E-state index in [9.17, 15) is 22.8 Å². The first kappa shape index (κ1) is 13.5. The average molecular weight is 268 g/mol. The van der Waals surface area contributed by atoms with Gasteiger partial charge in [0.25, 0.3) is 0 Å². The van der Waals surface area contributed by atoms with E-state index in [1.165, 1.54) is 12.1 Å². The number of alkyl halides is 3. The molecule has 0 radical (unpaired) electrons. The normalized spacial score (nSPS) is 17.5. The van der Waals surface area contributed by atoms with Gasteiger partial charge >= 0.3 is 6.18 Å². The average Bonchev–Trinajstić information content (AvgIpc) is 2.53. The topological polar surface area (TPSA) is 34.1 Å². The van der Waals surface area contributed by atoms with Crippen LogP contribution in [-0.4, -0.2) is 11.6 Å². The molecule has 0 bridgehead atoms. The zero-order valence-electron chi connectivity index (χ0n) is 10.3. The molecule has 1 aromatic carbocycles. The van der Waals surface area contributed by atoms with E-state index in [0.29, 0.717) is 16.7 Å². The van der Waals surface area contributed by atoms with E-state index in [2.05, 4.69) is 0 Å². The molecule has 1 aliphatic rings. The Morgan fingerprint density at radius 3 is 1.68 bits per heavy atom. The monoisotopic (exact) mass is 268 g/mol. The number of allylic oxidation sites excluding steroid dienone is 2. The molecule has 0 N–H and O–H groups in total. The highest BCUT2D eigenvalue weighted by Gasteiger charge is 2.38. The molecule has 100 valence electrons. The van der Waals surface area contributed by atoms with Gasteiger partial charge in [0.15, 0.2) is 11.6 Å². The Morgan fingerprint density at radius 2 is 1.32 bits per heavy atom. The van der Waals surface area contributed by atoms with Gasteiger partial charge in [-0.25, -0.2) is 0 Å². The summed E-state index contributed by atoms with van der Waals surface area (Å²) in [5.41, 5.74) is 0.277. The molecule has 0 amide bonds. The van der Waals surface area contributed by atoms with Gasteiger partial charge in [0.05, 0.1) is 5.56 Å². The van der Waals surface area contributed by atoms with E-state index in [0.717, 1.165) is 12.1 Å². The van der Waals surface area contributed by atoms with Crippen LogP contribution in [-0.2, 0) is 15.8 Å². The third-order valence-corrected chi connectivity index (χ3v) is 3.40. The van der Waals surface area contributed by atoms with Crippen molar-refractivity contribution in [3.63, 3.8) is 0 Å². The van der Waals surface area contributed by atoms with Gasteiger partial charge in [-0.05, 0) is 42.7 Å². The second kappa shape index (κ2) is 4.33. The quantitative estimate of drug-likeness (QED) is 0.732. The fourth-order valence-electron chi connectivity index (χ4n) is 2.09. The predicted molar refractivity (Wildman–Crippen MR) is 62.6 cm³/mol. The maximum atomic E-state index is 12.4. The third kappa shape index (κ3) is 2.20. The highest BCUT2D eigenvalue weighted by Crippen LogP contribution is 2.34. The van der Waals surface area contributed by atoms with Crippen LogP contribution < -0.4 is 0 Å². The fourth-order valence-corrected chi connectivity index (χ4v) is 2.09. The van der Waals surface area contributed by atoms with E-state index in [-0.39, 0.29) is 11.6 Å². The van der Waals surface area contributed by atoms with Crippen molar-refractivity contribution >= 4 is 11.6 Å². The highest BCUT2D eigenvalue weighted by molar-refractivity contribution is 6.27. The smallest absolute Gasteiger partial charge is 0.293 e. The minimum absolute atomic E-state index is 0.305. The fraction of sp³-hybridized carbons (Fsp3) is 0.286. The first-order valence-corrected chi connectivity index (χ1v) is 5.66. The van der Waals surface area contributed by atoms with Crippen molar-refractivity contribution in [1.82, 2.24) is 0 Å². The standard InChI is InChI=1S/C14H11F3O2/c1-7-8(2)13(19)11(12(7)18)9-3-5-10(6-4-9)14(15,16)17/h3-6,11H,1-2H3. The summed E-state index contributed by atoms with van der Waals surface area (Å²) in [7, 11) is 0. The Bertz CT molecular complexity index is 556. The molecule has 19 heavy (non-hydrogen) atoms. The first-order chi connectivity index (χ1) is 8.73. The molecule has 2 rings (SSSR count). The number of hydrogen-bond acceptors (Lipinski definition) is 2. The summed E-state index contributed by atoms with van der Waals surface area (Å²) < 4.78 is 37.3. The van der Waals surface area contributed by atoms with Crippen molar-refractivity contribution < 1.29 is 22.8 Å². The van der Waals surface area contributed by atoms with E-state index in [4.69, 9.17) is 0 Å². The number of carbonyl (C=O) groups excluding carboxylic acids is 2. The van der Waals surface area contributed by atoms with Gasteiger partial charge in [-0.2, -0.15) is 13.2 Å². The Kier molecular flexibility index (Phi) is 3.08. The second-order valence-electron chi connectivity index (χ2n) is 4.53. The Morgan fingerprint density at radius 1 is 0.895 bits per heavy atom. The van der Waals surface area contributed by atoms with Crippen LogP contribution in [0.4, 0.5) is 13.2 Å². The Hall–Kier alpha value is -1.91. The Labute approximate surface area is 107 Å². The summed E-state index contributed by atoms with van der Waals surface area (Å²) in [5, 5.41) is 0. The van der Waals surface area contributed by atoms with Gasteiger partial charge in [0, 0.05) is 0 Å². The van der Waals surface area contributed by atoms with Crippen LogP contribution in [0.3, 0.4) is 0 Å². The van der Waals surface area contributed by atoms with Gasteiger partial charge in [-0.3, -0.25) is 9.59 Å². The zero-order chi connectivity index (χ0) is 14.4. The molecule has 2 nitrogen and oxygen atoms in total. The number of benzene rings is 1. The minimum atomic E-state index is -4.42. The first-order valence-electron chi connectivity index (χ1n) is 5.66. The molecule has 1 aromatic rings. The summed E-state index contributed by atoms with van der Waals surface area (Å²) in [6.45, 7) is 3.11. The molecule has 0 aliphatic heterocycles. The van der Waals surface area contributed by atoms with Gasteiger partial charge < -0.3 is 0 Å². The van der Waals surface area contributed by atoms with Crippen LogP contribution >= 0.6 is 0 Å². The molecule has 1 aliphatic carbocycles. The van der Waals surface area contributed by atoms with Crippen molar-refractivity contribution in [3.05, 3.63) is 46.5 Å². The van der Waals surface area contributed by atoms with Crippen LogP contribution in [0.25, 0.3) is 0 Å². The lowest BCUT2D eigenvalue weighted by molar-refractivity contribution is -0.137. The lowest BCUT2D eigenvalue weighted by Crippen LogP contribution is -2.15. The van der Waals surface area contributed by atoms with E-state index >= 15 is 0 Å². The SMILES string of the molecule is CC1=C(C)C(=O)C(c2ccc(C(F)(F)F)cc2)C1=O. The third-order valence-electron chi connectivity index (χ3n) is 3.40. The van der Waals surface area contributed by atoms with Crippen LogP contribution in [0, 0.1) is 0 Å². The van der Waals surface area contributed by atoms with Crippen molar-refractivity contribution in [2.45, 2.75) is 25.9 Å². The van der Waals surface area contributed by atoms with Gasteiger partial charge in [-0.15, -0.1) is 0 Å². The highest BCUT2D eigenvalue weighted by atomic mass is 19.4. The van der Waals surface area contributed by atoms with E-state index < -0.39 is 17.7 Å². The summed E-state index contributed by atoms with van der Waals surface area (Å²) in [4.78, 5) is 23.8. The van der Waals surface area contributed by atoms with Gasteiger partial charge in [0.2, 0.25) is 0 Å². The van der Waals surface area contributed by atoms with Crippen LogP contribution in [0.15, 0.2) is 35.4 Å². The summed E-state index contributed by atoms with van der Waals surface area (Å²) in [6.07, 6.45) is -4.42. The van der Waals surface area contributed by atoms with Crippen molar-refractivity contribution in [1.29, 1.82) is 0 Å². The van der Waals surface area contributed by atoms with E-state index in [1.807, 2.05) is 0 Å². The number of carbonyl (C=O) groups is 2. The second-order valence-corrected chi connectivity index (χ2v) is 4.53. The van der Waals surface area contributed by atoms with E-state index in [1.54, 1.807) is 13.8 Å². The summed E-state index contributed by atoms with van der Waals surface area (Å²) in [6, 6.07) is 4.15. The number of Topliss-reactive ketones (excluding diaryl/α,β-unsaturated/α-hetero) is 2. The predicted octanol–water partition coefficient (Wildman–Crippen LogP) is 3.28. The maximum absolute atomic E-state index is 12.4. The van der Waals surface area contributed by atoms with Crippen LogP contribution in [0.1, 0.15) is 30.9 Å². The molecule has 0 unspecified atom stereocenters. The van der Waals surface area contributed by atoms with Crippen molar-refractivity contribution in [2.24, 2.45) is 0 Å². The molecular weight excluding hydrogens is 257 g/mol. The Balaban J connectivity index is 2.36. The van der Waals surface area contributed by atoms with Crippen molar-refractivity contribution in [2.75, 3.05) is 0 Å². The summed E-state index contributed by atoms with van der Waals surface area (Å²) in [5.74, 6) is -1.65. The molecule has 0 saturated carbocycles. The number of hydrogen-bond donors (Lipinski definition) is 0. The van der Waals surface area contributed by atoms with Gasteiger partial charge in [-0.1, -0.05) is 12.1 Å². The van der Waals surface area contributed by atoms with Crippen LogP contribution in [0.2, 0.25) is 0 Å². The maximum Gasteiger partial charge on any atom is 0.416 e. The molecular formula is C14H11F3O2. The zero-order valence-corrected chi connectivity index (χ0v) is 10.3.